The monoisotopic (exact) mass is 476 g/mol. The molecule has 2 aromatic rings. The second-order valence-corrected chi connectivity index (χ2v) is 8.82. The quantitative estimate of drug-likeness (QED) is 0.294. The first-order valence-corrected chi connectivity index (χ1v) is 11.7. The fourth-order valence-electron chi connectivity index (χ4n) is 4.59. The Hall–Kier alpha value is -1.93. The fraction of sp³-hybridized carbons (Fsp3) is 0.462. The van der Waals surface area contributed by atoms with E-state index in [1.165, 1.54) is 12.1 Å². The highest BCUT2D eigenvalue weighted by molar-refractivity contribution is 6.17. The van der Waals surface area contributed by atoms with Crippen LogP contribution in [-0.4, -0.2) is 36.2 Å². The number of halogens is 3. The predicted molar refractivity (Wildman–Crippen MR) is 130 cm³/mol. The summed E-state index contributed by atoms with van der Waals surface area (Å²) in [5.41, 5.74) is 1.18. The molecule has 1 heterocycles. The molecule has 1 saturated heterocycles. The largest absolute Gasteiger partial charge is 0.303 e. The fourth-order valence-corrected chi connectivity index (χ4v) is 4.72. The van der Waals surface area contributed by atoms with E-state index in [4.69, 9.17) is 11.6 Å². The van der Waals surface area contributed by atoms with E-state index < -0.39 is 5.41 Å². The Kier molecular flexibility index (Phi) is 10.6. The zero-order chi connectivity index (χ0) is 22.1. The third-order valence-corrected chi connectivity index (χ3v) is 6.71. The molecule has 0 radical (unpaired) electrons. The van der Waals surface area contributed by atoms with E-state index in [-0.39, 0.29) is 29.9 Å². The number of nitriles is 1. The molecule has 6 heteroatoms. The SMILES string of the molecule is Cl.N#CC(CCCCl)(CCCN1CCC(C(=O)c2ccc(F)cc2)CC1)c1ccccc1. The van der Waals surface area contributed by atoms with Crippen LogP contribution in [0.1, 0.15) is 54.4 Å². The van der Waals surface area contributed by atoms with Crippen LogP contribution < -0.4 is 0 Å². The summed E-state index contributed by atoms with van der Waals surface area (Å²) in [6.07, 6.45) is 4.97. The van der Waals surface area contributed by atoms with Gasteiger partial charge < -0.3 is 4.90 Å². The van der Waals surface area contributed by atoms with Crippen molar-refractivity contribution in [2.24, 2.45) is 5.92 Å². The van der Waals surface area contributed by atoms with Crippen molar-refractivity contribution >= 4 is 29.8 Å². The third-order valence-electron chi connectivity index (χ3n) is 6.44. The second-order valence-electron chi connectivity index (χ2n) is 8.44. The van der Waals surface area contributed by atoms with Crippen LogP contribution in [0.4, 0.5) is 4.39 Å². The number of alkyl halides is 1. The summed E-state index contributed by atoms with van der Waals surface area (Å²) >= 11 is 5.94. The molecule has 0 saturated carbocycles. The molecule has 0 spiro atoms. The summed E-state index contributed by atoms with van der Waals surface area (Å²) in [5.74, 6) is 0.369. The van der Waals surface area contributed by atoms with Gasteiger partial charge in [-0.2, -0.15) is 5.26 Å². The van der Waals surface area contributed by atoms with Gasteiger partial charge in [-0.15, -0.1) is 24.0 Å². The minimum Gasteiger partial charge on any atom is -0.303 e. The van der Waals surface area contributed by atoms with Gasteiger partial charge in [0, 0.05) is 17.4 Å². The smallest absolute Gasteiger partial charge is 0.166 e. The van der Waals surface area contributed by atoms with Crippen molar-refractivity contribution in [2.45, 2.75) is 43.9 Å². The number of likely N-dealkylation sites (tertiary alicyclic amines) is 1. The van der Waals surface area contributed by atoms with Crippen LogP contribution in [0.25, 0.3) is 0 Å². The molecule has 1 aliphatic rings. The van der Waals surface area contributed by atoms with Crippen molar-refractivity contribution in [2.75, 3.05) is 25.5 Å². The minimum atomic E-state index is -0.493. The van der Waals surface area contributed by atoms with Gasteiger partial charge in [-0.25, -0.2) is 4.39 Å². The highest BCUT2D eigenvalue weighted by Crippen LogP contribution is 2.34. The molecule has 0 N–H and O–H groups in total. The molecule has 172 valence electrons. The predicted octanol–water partition coefficient (Wildman–Crippen LogP) is 6.40. The molecule has 0 aromatic heterocycles. The van der Waals surface area contributed by atoms with Gasteiger partial charge in [0.15, 0.2) is 5.78 Å². The number of benzene rings is 2. The molecule has 3 nitrogen and oxygen atoms in total. The Morgan fingerprint density at radius 3 is 2.28 bits per heavy atom. The minimum absolute atomic E-state index is 0. The third kappa shape index (κ3) is 6.78. The van der Waals surface area contributed by atoms with E-state index in [0.29, 0.717) is 11.4 Å². The van der Waals surface area contributed by atoms with Crippen LogP contribution in [0.3, 0.4) is 0 Å². The van der Waals surface area contributed by atoms with E-state index >= 15 is 0 Å². The maximum atomic E-state index is 13.1. The summed E-state index contributed by atoms with van der Waals surface area (Å²) in [6.45, 7) is 2.68. The summed E-state index contributed by atoms with van der Waals surface area (Å²) in [5, 5.41) is 10.0. The number of piperidine rings is 1. The number of carbonyl (C=O) groups excluding carboxylic acids is 1. The van der Waals surface area contributed by atoms with Crippen LogP contribution in [0.2, 0.25) is 0 Å². The topological polar surface area (TPSA) is 44.1 Å². The molecule has 2 aromatic carbocycles. The van der Waals surface area contributed by atoms with Gasteiger partial charge in [0.05, 0.1) is 11.5 Å². The molecule has 3 rings (SSSR count). The van der Waals surface area contributed by atoms with Crippen molar-refractivity contribution in [3.63, 3.8) is 0 Å². The molecule has 1 atom stereocenters. The summed E-state index contributed by atoms with van der Waals surface area (Å²) in [6, 6.07) is 18.5. The Labute approximate surface area is 202 Å². The van der Waals surface area contributed by atoms with Gasteiger partial charge in [0.25, 0.3) is 0 Å². The van der Waals surface area contributed by atoms with Gasteiger partial charge in [-0.1, -0.05) is 30.3 Å². The summed E-state index contributed by atoms with van der Waals surface area (Å²) < 4.78 is 13.1. The number of carbonyl (C=O) groups is 1. The van der Waals surface area contributed by atoms with E-state index in [1.54, 1.807) is 12.1 Å². The lowest BCUT2D eigenvalue weighted by Crippen LogP contribution is -2.37. The van der Waals surface area contributed by atoms with Gasteiger partial charge in [0.2, 0.25) is 0 Å². The molecule has 1 fully saturated rings. The summed E-state index contributed by atoms with van der Waals surface area (Å²) in [7, 11) is 0. The first kappa shape index (κ1) is 26.3. The van der Waals surface area contributed by atoms with Crippen LogP contribution >= 0.6 is 24.0 Å². The first-order chi connectivity index (χ1) is 15.1. The van der Waals surface area contributed by atoms with E-state index in [9.17, 15) is 14.4 Å². The van der Waals surface area contributed by atoms with Crippen molar-refractivity contribution in [3.8, 4) is 6.07 Å². The Bertz CT molecular complexity index is 877. The van der Waals surface area contributed by atoms with Gasteiger partial charge in [-0.3, -0.25) is 4.79 Å². The maximum absolute atomic E-state index is 13.1. The normalized spacial score (nSPS) is 16.5. The van der Waals surface area contributed by atoms with Crippen LogP contribution in [-0.2, 0) is 5.41 Å². The second kappa shape index (κ2) is 12.9. The molecule has 32 heavy (non-hydrogen) atoms. The van der Waals surface area contributed by atoms with E-state index in [2.05, 4.69) is 11.0 Å². The van der Waals surface area contributed by atoms with Gasteiger partial charge >= 0.3 is 0 Å². The van der Waals surface area contributed by atoms with Gasteiger partial charge in [0.1, 0.15) is 5.82 Å². The molecule has 0 amide bonds. The Morgan fingerprint density at radius 2 is 1.69 bits per heavy atom. The zero-order valence-corrected chi connectivity index (χ0v) is 19.9. The van der Waals surface area contributed by atoms with Crippen LogP contribution in [0.5, 0.6) is 0 Å². The molecular weight excluding hydrogens is 446 g/mol. The van der Waals surface area contributed by atoms with Gasteiger partial charge in [-0.05, 0) is 88.0 Å². The van der Waals surface area contributed by atoms with Crippen molar-refractivity contribution in [1.29, 1.82) is 5.26 Å². The Morgan fingerprint density at radius 1 is 1.06 bits per heavy atom. The lowest BCUT2D eigenvalue weighted by Gasteiger charge is -2.33. The first-order valence-electron chi connectivity index (χ1n) is 11.1. The number of ketones is 1. The van der Waals surface area contributed by atoms with Crippen molar-refractivity contribution in [1.82, 2.24) is 4.90 Å². The number of hydrogen-bond acceptors (Lipinski definition) is 3. The van der Waals surface area contributed by atoms with Crippen LogP contribution in [0.15, 0.2) is 54.6 Å². The lowest BCUT2D eigenvalue weighted by molar-refractivity contribution is 0.0838. The molecule has 0 bridgehead atoms. The highest BCUT2D eigenvalue weighted by atomic mass is 35.5. The van der Waals surface area contributed by atoms with Crippen molar-refractivity contribution < 1.29 is 9.18 Å². The van der Waals surface area contributed by atoms with Crippen molar-refractivity contribution in [3.05, 3.63) is 71.5 Å². The van der Waals surface area contributed by atoms with E-state index in [1.807, 2.05) is 30.3 Å². The standard InChI is InChI=1S/C26H30ClFN2O.ClH/c27-16-4-14-26(20-29,23-6-2-1-3-7-23)15-5-17-30-18-12-22(13-19-30)25(31)21-8-10-24(28)11-9-21;/h1-3,6-11,22H,4-5,12-19H2;1H. The summed E-state index contributed by atoms with van der Waals surface area (Å²) in [4.78, 5) is 15.1. The highest BCUT2D eigenvalue weighted by Gasteiger charge is 2.32. The number of Topliss-reactive ketones (excluding diaryl/α,β-unsaturated/α-hetero) is 1. The average Bonchev–Trinajstić information content (AvgIpc) is 2.82. The lowest BCUT2D eigenvalue weighted by atomic mass is 9.74. The Balaban J connectivity index is 0.00000363. The van der Waals surface area contributed by atoms with Crippen LogP contribution in [0, 0.1) is 23.1 Å². The molecule has 1 aliphatic heterocycles. The zero-order valence-electron chi connectivity index (χ0n) is 18.3. The maximum Gasteiger partial charge on any atom is 0.166 e. The number of hydrogen-bond donors (Lipinski definition) is 0. The average molecular weight is 477 g/mol. The molecule has 1 unspecified atom stereocenters. The molecular formula is C26H31Cl2FN2O. The number of nitrogens with zero attached hydrogens (tertiary/aromatic N) is 2. The molecule has 0 aliphatic carbocycles. The van der Waals surface area contributed by atoms with E-state index in [0.717, 1.165) is 63.7 Å². The number of rotatable bonds is 10.